The average Bonchev–Trinajstić information content (AvgIpc) is 2.65. The van der Waals surface area contributed by atoms with Gasteiger partial charge in [-0.15, -0.1) is 0 Å². The molecule has 0 amide bonds. The summed E-state index contributed by atoms with van der Waals surface area (Å²) in [5.74, 6) is -2.41. The third-order valence-corrected chi connectivity index (χ3v) is 3.11. The molecule has 1 aliphatic carbocycles. The highest BCUT2D eigenvalue weighted by atomic mass is 19.1. The Morgan fingerprint density at radius 2 is 1.71 bits per heavy atom. The number of nitrogens with one attached hydrogen (secondary N) is 1. The molecule has 0 bridgehead atoms. The van der Waals surface area contributed by atoms with Crippen molar-refractivity contribution in [2.24, 2.45) is 0 Å². The maximum absolute atomic E-state index is 13.0. The predicted octanol–water partition coefficient (Wildman–Crippen LogP) is 2.77. The number of hydrogen-bond acceptors (Lipinski definition) is 2. The Morgan fingerprint density at radius 1 is 1.18 bits per heavy atom. The number of benzene rings is 1. The SMILES string of the molecule is O=C(O)C1(Nc2cc(F)cc(F)c2)CCCC1. The zero-order valence-electron chi connectivity index (χ0n) is 9.17. The summed E-state index contributed by atoms with van der Waals surface area (Å²) in [5.41, 5.74) is -0.910. The summed E-state index contributed by atoms with van der Waals surface area (Å²) < 4.78 is 26.0. The van der Waals surface area contributed by atoms with Crippen LogP contribution in [0.5, 0.6) is 0 Å². The second-order valence-corrected chi connectivity index (χ2v) is 4.38. The van der Waals surface area contributed by atoms with Crippen molar-refractivity contribution in [3.05, 3.63) is 29.8 Å². The molecule has 2 N–H and O–H groups in total. The van der Waals surface area contributed by atoms with E-state index < -0.39 is 23.1 Å². The first-order chi connectivity index (χ1) is 8.02. The minimum atomic E-state index is -1.08. The molecule has 5 heteroatoms. The smallest absolute Gasteiger partial charge is 0.329 e. The van der Waals surface area contributed by atoms with Crippen LogP contribution in [0.15, 0.2) is 18.2 Å². The van der Waals surface area contributed by atoms with Gasteiger partial charge < -0.3 is 10.4 Å². The number of halogens is 2. The highest BCUT2D eigenvalue weighted by Gasteiger charge is 2.41. The molecule has 0 spiro atoms. The molecule has 92 valence electrons. The molecule has 3 nitrogen and oxygen atoms in total. The summed E-state index contributed by atoms with van der Waals surface area (Å²) in [4.78, 5) is 11.2. The summed E-state index contributed by atoms with van der Waals surface area (Å²) in [5, 5.41) is 12.0. The third-order valence-electron chi connectivity index (χ3n) is 3.11. The van der Waals surface area contributed by atoms with E-state index in [-0.39, 0.29) is 5.69 Å². The number of rotatable bonds is 3. The van der Waals surface area contributed by atoms with Gasteiger partial charge in [-0.05, 0) is 25.0 Å². The minimum absolute atomic E-state index is 0.173. The number of hydrogen-bond donors (Lipinski definition) is 2. The fourth-order valence-corrected chi connectivity index (χ4v) is 2.27. The second kappa shape index (κ2) is 4.31. The van der Waals surface area contributed by atoms with E-state index >= 15 is 0 Å². The van der Waals surface area contributed by atoms with E-state index in [1.165, 1.54) is 0 Å². The van der Waals surface area contributed by atoms with Gasteiger partial charge in [0.15, 0.2) is 0 Å². The predicted molar refractivity (Wildman–Crippen MR) is 58.8 cm³/mol. The van der Waals surface area contributed by atoms with Crippen molar-refractivity contribution in [2.75, 3.05) is 5.32 Å². The fraction of sp³-hybridized carbons (Fsp3) is 0.417. The molecular formula is C12H13F2NO2. The van der Waals surface area contributed by atoms with Crippen molar-refractivity contribution in [1.82, 2.24) is 0 Å². The molecule has 17 heavy (non-hydrogen) atoms. The van der Waals surface area contributed by atoms with E-state index in [0.29, 0.717) is 12.8 Å². The van der Waals surface area contributed by atoms with Crippen LogP contribution < -0.4 is 5.32 Å². The Balaban J connectivity index is 2.26. The van der Waals surface area contributed by atoms with E-state index in [1.807, 2.05) is 0 Å². The lowest BCUT2D eigenvalue weighted by molar-refractivity contribution is -0.142. The van der Waals surface area contributed by atoms with Crippen molar-refractivity contribution in [2.45, 2.75) is 31.2 Å². The van der Waals surface area contributed by atoms with E-state index in [0.717, 1.165) is 31.0 Å². The second-order valence-electron chi connectivity index (χ2n) is 4.38. The molecule has 0 aliphatic heterocycles. The van der Waals surface area contributed by atoms with Crippen LogP contribution in [0.2, 0.25) is 0 Å². The molecule has 1 fully saturated rings. The number of carboxylic acids is 1. The first-order valence-electron chi connectivity index (χ1n) is 5.49. The quantitative estimate of drug-likeness (QED) is 0.855. The van der Waals surface area contributed by atoms with Crippen LogP contribution in [0.25, 0.3) is 0 Å². The maximum atomic E-state index is 13.0. The molecule has 1 aromatic carbocycles. The maximum Gasteiger partial charge on any atom is 0.329 e. The van der Waals surface area contributed by atoms with Gasteiger partial charge in [0, 0.05) is 11.8 Å². The Bertz CT molecular complexity index is 422. The number of aliphatic carboxylic acids is 1. The molecule has 1 aliphatic rings. The molecule has 0 heterocycles. The fourth-order valence-electron chi connectivity index (χ4n) is 2.27. The van der Waals surface area contributed by atoms with Gasteiger partial charge in [-0.2, -0.15) is 0 Å². The molecule has 0 unspecified atom stereocenters. The monoisotopic (exact) mass is 241 g/mol. The zero-order chi connectivity index (χ0) is 12.5. The van der Waals surface area contributed by atoms with Gasteiger partial charge >= 0.3 is 5.97 Å². The first-order valence-corrected chi connectivity index (χ1v) is 5.49. The highest BCUT2D eigenvalue weighted by Crippen LogP contribution is 2.33. The van der Waals surface area contributed by atoms with Crippen LogP contribution >= 0.6 is 0 Å². The molecule has 0 radical (unpaired) electrons. The minimum Gasteiger partial charge on any atom is -0.480 e. The number of carboxylic acid groups (broad SMARTS) is 1. The van der Waals surface area contributed by atoms with E-state index in [9.17, 15) is 18.7 Å². The summed E-state index contributed by atoms with van der Waals surface area (Å²) in [7, 11) is 0. The first kappa shape index (κ1) is 11.8. The summed E-state index contributed by atoms with van der Waals surface area (Å²) in [6.45, 7) is 0. The van der Waals surface area contributed by atoms with E-state index in [4.69, 9.17) is 0 Å². The van der Waals surface area contributed by atoms with Crippen LogP contribution in [0.1, 0.15) is 25.7 Å². The van der Waals surface area contributed by atoms with Crippen molar-refractivity contribution in [1.29, 1.82) is 0 Å². The normalized spacial score (nSPS) is 18.0. The Labute approximate surface area is 97.5 Å². The lowest BCUT2D eigenvalue weighted by Crippen LogP contribution is -2.43. The number of anilines is 1. The topological polar surface area (TPSA) is 49.3 Å². The summed E-state index contributed by atoms with van der Waals surface area (Å²) >= 11 is 0. The van der Waals surface area contributed by atoms with Crippen LogP contribution in [-0.2, 0) is 4.79 Å². The van der Waals surface area contributed by atoms with Crippen molar-refractivity contribution >= 4 is 11.7 Å². The standard InChI is InChI=1S/C12H13F2NO2/c13-8-5-9(14)7-10(6-8)15-12(11(16)17)3-1-2-4-12/h5-7,15H,1-4H2,(H,16,17). The van der Waals surface area contributed by atoms with Gasteiger partial charge in [0.2, 0.25) is 0 Å². The largest absolute Gasteiger partial charge is 0.480 e. The van der Waals surface area contributed by atoms with Crippen LogP contribution in [0.4, 0.5) is 14.5 Å². The van der Waals surface area contributed by atoms with Gasteiger partial charge in [0.25, 0.3) is 0 Å². The van der Waals surface area contributed by atoms with Crippen molar-refractivity contribution < 1.29 is 18.7 Å². The molecule has 1 aromatic rings. The number of carbonyl (C=O) groups is 1. The van der Waals surface area contributed by atoms with Gasteiger partial charge in [-0.1, -0.05) is 12.8 Å². The van der Waals surface area contributed by atoms with E-state index in [1.54, 1.807) is 0 Å². The third kappa shape index (κ3) is 2.38. The van der Waals surface area contributed by atoms with Gasteiger partial charge in [0.05, 0.1) is 0 Å². The van der Waals surface area contributed by atoms with Gasteiger partial charge in [-0.3, -0.25) is 0 Å². The lowest BCUT2D eigenvalue weighted by atomic mass is 9.97. The molecular weight excluding hydrogens is 228 g/mol. The van der Waals surface area contributed by atoms with Crippen LogP contribution in [0, 0.1) is 11.6 Å². The zero-order valence-corrected chi connectivity index (χ0v) is 9.17. The van der Waals surface area contributed by atoms with E-state index in [2.05, 4.69) is 5.32 Å². The molecule has 2 rings (SSSR count). The van der Waals surface area contributed by atoms with Gasteiger partial charge in [-0.25, -0.2) is 13.6 Å². The highest BCUT2D eigenvalue weighted by molar-refractivity contribution is 5.83. The summed E-state index contributed by atoms with van der Waals surface area (Å²) in [6.07, 6.45) is 2.55. The molecule has 0 aromatic heterocycles. The lowest BCUT2D eigenvalue weighted by Gasteiger charge is -2.26. The van der Waals surface area contributed by atoms with Crippen molar-refractivity contribution in [3.63, 3.8) is 0 Å². The van der Waals surface area contributed by atoms with Gasteiger partial charge in [0.1, 0.15) is 17.2 Å². The molecule has 1 saturated carbocycles. The van der Waals surface area contributed by atoms with Crippen LogP contribution in [-0.4, -0.2) is 16.6 Å². The Morgan fingerprint density at radius 3 is 2.18 bits per heavy atom. The Hall–Kier alpha value is -1.65. The molecule has 0 saturated heterocycles. The molecule has 0 atom stereocenters. The Kier molecular flexibility index (Phi) is 3.00. The average molecular weight is 241 g/mol. The van der Waals surface area contributed by atoms with Crippen molar-refractivity contribution in [3.8, 4) is 0 Å². The summed E-state index contributed by atoms with van der Waals surface area (Å²) in [6, 6.07) is 2.96. The van der Waals surface area contributed by atoms with Crippen LogP contribution in [0.3, 0.4) is 0 Å².